The molecule has 2 N–H and O–H groups in total. The van der Waals surface area contributed by atoms with Gasteiger partial charge in [-0.05, 0) is 44.2 Å². The Morgan fingerprint density at radius 3 is 2.58 bits per heavy atom. The quantitative estimate of drug-likeness (QED) is 0.882. The molecule has 0 radical (unpaired) electrons. The predicted molar refractivity (Wildman–Crippen MR) is 81.1 cm³/mol. The van der Waals surface area contributed by atoms with Gasteiger partial charge in [0.1, 0.15) is 0 Å². The molecule has 1 saturated heterocycles. The number of carbonyl (C=O) groups excluding carboxylic acids is 1. The fourth-order valence-electron chi connectivity index (χ4n) is 1.96. The highest BCUT2D eigenvalue weighted by Crippen LogP contribution is 2.14. The molecule has 0 atom stereocenters. The van der Waals surface area contributed by atoms with E-state index in [9.17, 15) is 4.79 Å². The molecule has 19 heavy (non-hydrogen) atoms. The summed E-state index contributed by atoms with van der Waals surface area (Å²) in [5.74, 6) is 0.0488. The maximum atomic E-state index is 11.9. The lowest BCUT2D eigenvalue weighted by molar-refractivity contribution is -0.117. The van der Waals surface area contributed by atoms with Crippen molar-refractivity contribution < 1.29 is 4.79 Å². The Balaban J connectivity index is 0.00000180. The lowest BCUT2D eigenvalue weighted by atomic mass is 10.1. The number of nitrogens with one attached hydrogen (secondary N) is 2. The molecule has 4 nitrogen and oxygen atoms in total. The van der Waals surface area contributed by atoms with Gasteiger partial charge in [-0.15, -0.1) is 12.4 Å². The molecule has 0 saturated carbocycles. The summed E-state index contributed by atoms with van der Waals surface area (Å²) in [6.45, 7) is 6.52. The highest BCUT2D eigenvalue weighted by atomic mass is 35.5. The molecule has 0 unspecified atom stereocenters. The smallest absolute Gasteiger partial charge is 0.238 e. The van der Waals surface area contributed by atoms with Gasteiger partial charge in [0, 0.05) is 24.8 Å². The van der Waals surface area contributed by atoms with Gasteiger partial charge in [-0.1, -0.05) is 6.07 Å². The molecule has 2 rings (SSSR count). The van der Waals surface area contributed by atoms with Crippen LogP contribution in [0.1, 0.15) is 11.1 Å². The molecule has 1 amide bonds. The zero-order valence-electron chi connectivity index (χ0n) is 11.7. The number of amides is 1. The first kappa shape index (κ1) is 16.0. The SMILES string of the molecule is Cc1ccc(NC(=O)CN(C)C2CNC2)cc1C.Cl. The minimum atomic E-state index is 0. The number of carbonyl (C=O) groups is 1. The van der Waals surface area contributed by atoms with Crippen molar-refractivity contribution in [2.45, 2.75) is 19.9 Å². The molecule has 1 aromatic carbocycles. The van der Waals surface area contributed by atoms with Crippen LogP contribution in [0.5, 0.6) is 0 Å². The second-order valence-corrected chi connectivity index (χ2v) is 5.07. The summed E-state index contributed by atoms with van der Waals surface area (Å²) in [6.07, 6.45) is 0. The van der Waals surface area contributed by atoms with Gasteiger partial charge in [-0.2, -0.15) is 0 Å². The summed E-state index contributed by atoms with van der Waals surface area (Å²) < 4.78 is 0. The number of benzene rings is 1. The largest absolute Gasteiger partial charge is 0.325 e. The minimum absolute atomic E-state index is 0. The van der Waals surface area contributed by atoms with E-state index in [4.69, 9.17) is 0 Å². The number of hydrogen-bond acceptors (Lipinski definition) is 3. The molecule has 0 spiro atoms. The van der Waals surface area contributed by atoms with Crippen molar-refractivity contribution in [1.82, 2.24) is 10.2 Å². The minimum Gasteiger partial charge on any atom is -0.325 e. The first-order valence-corrected chi connectivity index (χ1v) is 6.34. The average Bonchev–Trinajstić information content (AvgIpc) is 2.20. The maximum absolute atomic E-state index is 11.9. The van der Waals surface area contributed by atoms with Crippen LogP contribution in [0.2, 0.25) is 0 Å². The summed E-state index contributed by atoms with van der Waals surface area (Å²) in [4.78, 5) is 14.0. The van der Waals surface area contributed by atoms with E-state index in [1.807, 2.05) is 25.2 Å². The normalized spacial score (nSPS) is 14.7. The van der Waals surface area contributed by atoms with E-state index in [0.29, 0.717) is 12.6 Å². The van der Waals surface area contributed by atoms with Crippen LogP contribution >= 0.6 is 12.4 Å². The molecule has 0 aliphatic carbocycles. The molecule has 106 valence electrons. The number of halogens is 1. The third kappa shape index (κ3) is 4.20. The lowest BCUT2D eigenvalue weighted by Gasteiger charge is -2.35. The van der Waals surface area contributed by atoms with E-state index in [1.165, 1.54) is 11.1 Å². The van der Waals surface area contributed by atoms with Gasteiger partial charge in [-0.3, -0.25) is 9.69 Å². The Bertz CT molecular complexity index is 446. The summed E-state index contributed by atoms with van der Waals surface area (Å²) in [7, 11) is 1.99. The number of likely N-dealkylation sites (N-methyl/N-ethyl adjacent to an activating group) is 1. The topological polar surface area (TPSA) is 44.4 Å². The molecular weight excluding hydrogens is 262 g/mol. The van der Waals surface area contributed by atoms with Crippen LogP contribution in [-0.2, 0) is 4.79 Å². The van der Waals surface area contributed by atoms with E-state index in [2.05, 4.69) is 29.4 Å². The van der Waals surface area contributed by atoms with Crippen molar-refractivity contribution in [1.29, 1.82) is 0 Å². The first-order chi connectivity index (χ1) is 8.56. The molecule has 1 aliphatic rings. The van der Waals surface area contributed by atoms with Gasteiger partial charge in [0.05, 0.1) is 6.54 Å². The molecule has 1 aromatic rings. The summed E-state index contributed by atoms with van der Waals surface area (Å²) in [5, 5.41) is 6.15. The summed E-state index contributed by atoms with van der Waals surface area (Å²) >= 11 is 0. The number of nitrogens with zero attached hydrogens (tertiary/aromatic N) is 1. The zero-order valence-corrected chi connectivity index (χ0v) is 12.5. The van der Waals surface area contributed by atoms with Crippen LogP contribution in [0.15, 0.2) is 18.2 Å². The molecular formula is C14H22ClN3O. The van der Waals surface area contributed by atoms with E-state index in [1.54, 1.807) is 0 Å². The van der Waals surface area contributed by atoms with E-state index < -0.39 is 0 Å². The van der Waals surface area contributed by atoms with Crippen molar-refractivity contribution in [3.05, 3.63) is 29.3 Å². The molecule has 5 heteroatoms. The third-order valence-electron chi connectivity index (χ3n) is 3.57. The Morgan fingerprint density at radius 2 is 2.05 bits per heavy atom. The maximum Gasteiger partial charge on any atom is 0.238 e. The van der Waals surface area contributed by atoms with Crippen molar-refractivity contribution >= 4 is 24.0 Å². The fourth-order valence-corrected chi connectivity index (χ4v) is 1.96. The number of anilines is 1. The van der Waals surface area contributed by atoms with E-state index >= 15 is 0 Å². The Hall–Kier alpha value is -1.10. The predicted octanol–water partition coefficient (Wildman–Crippen LogP) is 1.57. The Morgan fingerprint density at radius 1 is 1.37 bits per heavy atom. The monoisotopic (exact) mass is 283 g/mol. The van der Waals surface area contributed by atoms with Gasteiger partial charge in [0.25, 0.3) is 0 Å². The van der Waals surface area contributed by atoms with E-state index in [-0.39, 0.29) is 18.3 Å². The highest BCUT2D eigenvalue weighted by Gasteiger charge is 2.22. The van der Waals surface area contributed by atoms with Crippen LogP contribution < -0.4 is 10.6 Å². The van der Waals surface area contributed by atoms with Crippen molar-refractivity contribution in [2.75, 3.05) is 32.0 Å². The molecule has 0 aromatic heterocycles. The first-order valence-electron chi connectivity index (χ1n) is 6.34. The molecule has 1 fully saturated rings. The van der Waals surface area contributed by atoms with Crippen molar-refractivity contribution in [3.63, 3.8) is 0 Å². The van der Waals surface area contributed by atoms with Gasteiger partial charge in [-0.25, -0.2) is 0 Å². The Kier molecular flexibility index (Phi) is 5.79. The lowest BCUT2D eigenvalue weighted by Crippen LogP contribution is -2.57. The van der Waals surface area contributed by atoms with E-state index in [0.717, 1.165) is 18.8 Å². The number of rotatable bonds is 4. The Labute approximate surface area is 121 Å². The standard InChI is InChI=1S/C14H21N3O.ClH/c1-10-4-5-12(6-11(10)2)16-14(18)9-17(3)13-7-15-8-13;/h4-6,13,15H,7-9H2,1-3H3,(H,16,18);1H. The highest BCUT2D eigenvalue weighted by molar-refractivity contribution is 5.92. The molecule has 0 bridgehead atoms. The van der Waals surface area contributed by atoms with Crippen LogP contribution in [0, 0.1) is 13.8 Å². The fraction of sp³-hybridized carbons (Fsp3) is 0.500. The number of aryl methyl sites for hydroxylation is 2. The van der Waals surface area contributed by atoms with Gasteiger partial charge in [0.2, 0.25) is 5.91 Å². The van der Waals surface area contributed by atoms with Crippen LogP contribution in [-0.4, -0.2) is 43.5 Å². The second-order valence-electron chi connectivity index (χ2n) is 5.07. The summed E-state index contributed by atoms with van der Waals surface area (Å²) in [6, 6.07) is 6.49. The van der Waals surface area contributed by atoms with Crippen LogP contribution in [0.3, 0.4) is 0 Å². The van der Waals surface area contributed by atoms with Gasteiger partial charge >= 0.3 is 0 Å². The van der Waals surface area contributed by atoms with Gasteiger partial charge < -0.3 is 10.6 Å². The van der Waals surface area contributed by atoms with Crippen molar-refractivity contribution in [3.8, 4) is 0 Å². The second kappa shape index (κ2) is 6.89. The molecule has 1 aliphatic heterocycles. The number of hydrogen-bond donors (Lipinski definition) is 2. The average molecular weight is 284 g/mol. The summed E-state index contributed by atoms with van der Waals surface area (Å²) in [5.41, 5.74) is 3.32. The zero-order chi connectivity index (χ0) is 13.1. The van der Waals surface area contributed by atoms with Gasteiger partial charge in [0.15, 0.2) is 0 Å². The van der Waals surface area contributed by atoms with Crippen LogP contribution in [0.4, 0.5) is 5.69 Å². The van der Waals surface area contributed by atoms with Crippen LogP contribution in [0.25, 0.3) is 0 Å². The third-order valence-corrected chi connectivity index (χ3v) is 3.57. The van der Waals surface area contributed by atoms with Crippen molar-refractivity contribution in [2.24, 2.45) is 0 Å². The molecule has 1 heterocycles.